The Hall–Kier alpha value is -12.4. The number of aromatic hydroxyl groups is 1. The smallest absolute Gasteiger partial charge is 0.305 e. The number of nitrogens with zero attached hydrogens (tertiary/aromatic N) is 5. The van der Waals surface area contributed by atoms with Gasteiger partial charge in [-0.1, -0.05) is 106 Å². The van der Waals surface area contributed by atoms with Gasteiger partial charge in [0.15, 0.2) is 17.5 Å². The summed E-state index contributed by atoms with van der Waals surface area (Å²) in [5.41, 5.74) is 20.2. The number of nitrogens with one attached hydrogen (secondary N) is 8. The molecule has 0 bridgehead atoms. The van der Waals surface area contributed by atoms with Crippen molar-refractivity contribution < 1.29 is 105 Å². The SMILES string of the molecule is CCCC[C@@H](C(=O)N1C[C@@H](O)C[C@@H]1C(=O)N[C@@H](CC(=O)O)C(=O)N[C@H](C(=O)N(C)[C@@H](Cc1ccc(F)cc1)C(=O)N[C@@H](CCCN)C(=O)N1CCC[C@@H]1C(=O)N[C@@H](Cc1c[nH]c2ccccc12)C(N)=O)C(C)C)N(C)C(=O)[C@H](Cc1ccccc1)N(C)C(=O)[C@H](Cc1cc(F)c(F)c(F)c1)NC(=O)CSC[C@@H](C=O)NC(=O)[C@H](CCCN)NC(=O)CCc1ccc(O)cc1. The molecule has 5 aromatic carbocycles. The van der Waals surface area contributed by atoms with E-state index in [0.29, 0.717) is 54.4 Å². The Kier molecular flexibility index (Phi) is 39.0. The second-order valence-corrected chi connectivity index (χ2v) is 33.8. The average molecular weight is 1820 g/mol. The molecule has 0 saturated carbocycles. The number of primary amides is 1. The van der Waals surface area contributed by atoms with Crippen LogP contribution in [0.15, 0.2) is 121 Å². The van der Waals surface area contributed by atoms with Crippen molar-refractivity contribution in [3.8, 4) is 5.75 Å². The van der Waals surface area contributed by atoms with Crippen molar-refractivity contribution >= 4 is 112 Å². The number of aliphatic carboxylic acids is 1. The van der Waals surface area contributed by atoms with Crippen molar-refractivity contribution in [1.29, 1.82) is 0 Å². The van der Waals surface area contributed by atoms with Crippen LogP contribution in [-0.4, -0.2) is 271 Å². The maximum atomic E-state index is 15.6. The molecule has 2 saturated heterocycles. The Bertz CT molecular complexity index is 4900. The third-order valence-corrected chi connectivity index (χ3v) is 23.9. The van der Waals surface area contributed by atoms with Crippen LogP contribution in [0.2, 0.25) is 0 Å². The number of carbonyl (C=O) groups is 15. The third kappa shape index (κ3) is 29.1. The van der Waals surface area contributed by atoms with Crippen molar-refractivity contribution in [3.05, 3.63) is 173 Å². The largest absolute Gasteiger partial charge is 0.508 e. The highest BCUT2D eigenvalue weighted by atomic mass is 32.2. The van der Waals surface area contributed by atoms with Gasteiger partial charge in [-0.3, -0.25) is 67.1 Å². The zero-order valence-electron chi connectivity index (χ0n) is 72.8. The van der Waals surface area contributed by atoms with E-state index < -0.39 is 222 Å². The molecule has 2 aliphatic heterocycles. The lowest BCUT2D eigenvalue weighted by atomic mass is 9.98. The fraction of sp³-hybridized carbons (Fsp3) is 0.478. The first-order chi connectivity index (χ1) is 61.4. The predicted octanol–water partition coefficient (Wildman–Crippen LogP) is 2.38. The molecule has 3 heterocycles. The highest BCUT2D eigenvalue weighted by Gasteiger charge is 2.47. The number of hydrogen-bond donors (Lipinski definition) is 14. The molecule has 1 aromatic heterocycles. The first-order valence-electron chi connectivity index (χ1n) is 42.8. The molecular formula is C90H116F4N16O18S. The van der Waals surface area contributed by atoms with Gasteiger partial charge in [0.2, 0.25) is 76.8 Å². The summed E-state index contributed by atoms with van der Waals surface area (Å²) in [6.45, 7) is 4.51. The van der Waals surface area contributed by atoms with Gasteiger partial charge in [0.25, 0.3) is 0 Å². The lowest BCUT2D eigenvalue weighted by Crippen LogP contribution is -2.61. The number of thioether (sulfide) groups is 1. The van der Waals surface area contributed by atoms with Crippen molar-refractivity contribution in [2.24, 2.45) is 23.1 Å². The maximum Gasteiger partial charge on any atom is 0.305 e. The minimum absolute atomic E-state index is 0.0173. The minimum atomic E-state index is -2.03. The van der Waals surface area contributed by atoms with E-state index in [4.69, 9.17) is 17.2 Å². The van der Waals surface area contributed by atoms with E-state index in [1.54, 1.807) is 55.6 Å². The number of benzene rings is 5. The molecule has 2 aliphatic rings. The summed E-state index contributed by atoms with van der Waals surface area (Å²) in [7, 11) is 3.66. The van der Waals surface area contributed by atoms with Gasteiger partial charge in [-0.25, -0.2) is 17.6 Å². The van der Waals surface area contributed by atoms with Gasteiger partial charge in [0.05, 0.1) is 24.3 Å². The Morgan fingerprint density at radius 2 is 1.18 bits per heavy atom. The molecule has 0 aliphatic carbocycles. The topological polar surface area (TPSA) is 511 Å². The minimum Gasteiger partial charge on any atom is -0.508 e. The summed E-state index contributed by atoms with van der Waals surface area (Å²) in [6.07, 6.45) is -0.497. The number of unbranched alkanes of at least 4 members (excludes halogenated alkanes) is 1. The summed E-state index contributed by atoms with van der Waals surface area (Å²) < 4.78 is 58.9. The maximum absolute atomic E-state index is 15.6. The van der Waals surface area contributed by atoms with E-state index in [2.05, 4.69) is 42.2 Å². The lowest BCUT2D eigenvalue weighted by molar-refractivity contribution is -0.152. The van der Waals surface area contributed by atoms with Gasteiger partial charge in [0.1, 0.15) is 84.3 Å². The second-order valence-electron chi connectivity index (χ2n) is 32.7. The van der Waals surface area contributed by atoms with Crippen LogP contribution in [0.5, 0.6) is 5.75 Å². The fourth-order valence-corrected chi connectivity index (χ4v) is 16.5. The number of aromatic nitrogens is 1. The van der Waals surface area contributed by atoms with Crippen molar-refractivity contribution in [2.45, 2.75) is 209 Å². The molecule has 8 rings (SSSR count). The van der Waals surface area contributed by atoms with Gasteiger partial charge in [-0.05, 0) is 141 Å². The Labute approximate surface area is 748 Å². The number of carboxylic acid groups (broad SMARTS) is 1. The van der Waals surface area contributed by atoms with Gasteiger partial charge >= 0.3 is 5.97 Å². The van der Waals surface area contributed by atoms with Crippen molar-refractivity contribution in [2.75, 3.05) is 58.8 Å². The van der Waals surface area contributed by atoms with E-state index in [1.165, 1.54) is 64.2 Å². The van der Waals surface area contributed by atoms with Crippen LogP contribution in [0.25, 0.3) is 10.9 Å². The van der Waals surface area contributed by atoms with Crippen LogP contribution >= 0.6 is 11.8 Å². The number of para-hydroxylation sites is 1. The number of aliphatic hydroxyl groups is 1. The van der Waals surface area contributed by atoms with E-state index in [-0.39, 0.29) is 107 Å². The van der Waals surface area contributed by atoms with E-state index >= 15 is 24.0 Å². The molecular weight excluding hydrogens is 1700 g/mol. The van der Waals surface area contributed by atoms with Crippen LogP contribution < -0.4 is 54.4 Å². The number of likely N-dealkylation sites (tertiary alicyclic amines) is 2. The van der Waals surface area contributed by atoms with Crippen LogP contribution in [0, 0.1) is 29.2 Å². The fourth-order valence-electron chi connectivity index (χ4n) is 15.6. The van der Waals surface area contributed by atoms with Crippen LogP contribution in [0.4, 0.5) is 17.6 Å². The summed E-state index contributed by atoms with van der Waals surface area (Å²) in [6, 6.07) is 9.94. The first-order valence-corrected chi connectivity index (χ1v) is 44.0. The molecule has 39 heteroatoms. The second kappa shape index (κ2) is 49.3. The predicted molar refractivity (Wildman–Crippen MR) is 469 cm³/mol. The number of H-pyrrole nitrogens is 1. The number of carboxylic acids is 1. The standard InChI is InChI=1S/C90H116F4N16O18S/c1-7-8-23-71(106(4)88(126)74(42-53-17-10-9-11-18-53)108(6)86(124)69(40-55-38-62(92)78(94)63(93)39-55)101-76(115)50-129-49-58(48-111)99-81(119)65(21-14-35-95)100-75(114)34-29-52-27-32-59(112)33-28-52)89(127)110-47-60(113)44-73(110)85(123)104-68(45-77(116)117)82(120)105-79(51(2)3)90(128)107(5)72(41-54-25-30-57(91)31-26-54)84(122)102-66(22-15-36-96)87(125)109-37-16-24-70(109)83(121)103-67(80(97)118)43-56-46-98-64-20-13-12-19-61(56)64/h9-13,17-20,25-28,30-33,38-39,46,48,51,58,60,65-74,79,98,112-113H,7-8,14-16,21-24,29,34-37,40-45,47,49-50,95-96H2,1-6H3,(H2,97,118)(H,99,119)(H,100,114)(H,101,115)(H,102,122)(H,103,121)(H,104,123)(H,105,120)(H,116,117)/t58-,60+,65+,66+,67+,68+,69+,70-,71+,72+,73-,74+,79+/m1/s1. The number of carbonyl (C=O) groups excluding carboxylic acids is 14. The molecule has 698 valence electrons. The Morgan fingerprint density at radius 1 is 0.589 bits per heavy atom. The number of phenolic OH excluding ortho intramolecular Hbond substituents is 1. The van der Waals surface area contributed by atoms with E-state index in [0.717, 1.165) is 60.0 Å². The molecule has 13 amide bonds. The number of hydrogen-bond acceptors (Lipinski definition) is 20. The van der Waals surface area contributed by atoms with Crippen molar-refractivity contribution in [1.82, 2.24) is 66.7 Å². The number of amides is 13. The zero-order chi connectivity index (χ0) is 94.5. The average Bonchev–Trinajstić information content (AvgIpc) is 1.57. The molecule has 34 nitrogen and oxygen atoms in total. The molecule has 2 fully saturated rings. The molecule has 0 radical (unpaired) electrons. The number of β-amino-alcohol motifs (C(OH)–C–C–N with tert-alkyl or cyclic N) is 1. The number of halogens is 4. The number of nitrogens with two attached hydrogens (primary N) is 3. The first kappa shape index (κ1) is 102. The number of fused-ring (bicyclic) bond motifs is 1. The number of aromatic amines is 1. The summed E-state index contributed by atoms with van der Waals surface area (Å²) in [5, 5.41) is 50.3. The molecule has 6 aromatic rings. The summed E-state index contributed by atoms with van der Waals surface area (Å²) >= 11 is 0.812. The quantitative estimate of drug-likeness (QED) is 0.0148. The van der Waals surface area contributed by atoms with Crippen LogP contribution in [0.1, 0.15) is 126 Å². The molecule has 17 N–H and O–H groups in total. The molecule has 0 spiro atoms. The van der Waals surface area contributed by atoms with Gasteiger partial charge in [0, 0.05) is 95.6 Å². The number of likely N-dealkylation sites (N-methyl/N-ethyl adjacent to an activating group) is 3. The van der Waals surface area contributed by atoms with E-state index in [1.807, 2.05) is 24.3 Å². The Balaban J connectivity index is 0.979. The molecule has 13 atom stereocenters. The summed E-state index contributed by atoms with van der Waals surface area (Å²) in [4.78, 5) is 222. The van der Waals surface area contributed by atoms with Crippen LogP contribution in [0.3, 0.4) is 0 Å². The monoisotopic (exact) mass is 1820 g/mol. The number of aryl methyl sites for hydroxylation is 1. The molecule has 129 heavy (non-hydrogen) atoms. The van der Waals surface area contributed by atoms with Gasteiger partial charge < -0.3 is 104 Å². The van der Waals surface area contributed by atoms with Gasteiger partial charge in [-0.2, -0.15) is 0 Å². The normalized spacial score (nSPS) is 16.6. The number of phenols is 1. The Morgan fingerprint density at radius 3 is 1.81 bits per heavy atom. The van der Waals surface area contributed by atoms with Crippen LogP contribution in [-0.2, 0) is 104 Å². The zero-order valence-corrected chi connectivity index (χ0v) is 73.6. The number of aliphatic hydroxyl groups excluding tert-OH is 1. The van der Waals surface area contributed by atoms with Gasteiger partial charge in [-0.15, -0.1) is 11.8 Å². The highest BCUT2D eigenvalue weighted by Crippen LogP contribution is 2.28. The lowest BCUT2D eigenvalue weighted by Gasteiger charge is -2.38. The number of rotatable bonds is 49. The summed E-state index contributed by atoms with van der Waals surface area (Å²) in [5.74, 6) is -20.6. The highest BCUT2D eigenvalue weighted by molar-refractivity contribution is 8.00. The van der Waals surface area contributed by atoms with Crippen molar-refractivity contribution in [3.63, 3.8) is 0 Å². The molecule has 0 unspecified atom stereocenters. The number of aldehydes is 1. The van der Waals surface area contributed by atoms with E-state index in [9.17, 15) is 80.8 Å². The third-order valence-electron chi connectivity index (χ3n) is 22.8.